The minimum Gasteiger partial charge on any atom is -0.361 e. The zero-order valence-corrected chi connectivity index (χ0v) is 18.2. The first-order valence-electron chi connectivity index (χ1n) is 11.3. The number of benzene rings is 1. The van der Waals surface area contributed by atoms with Gasteiger partial charge in [-0.15, -0.1) is 0 Å². The summed E-state index contributed by atoms with van der Waals surface area (Å²) in [6.45, 7) is 3.04. The molecule has 1 saturated heterocycles. The van der Waals surface area contributed by atoms with Gasteiger partial charge in [0, 0.05) is 37.8 Å². The highest BCUT2D eigenvalue weighted by Crippen LogP contribution is 2.28. The van der Waals surface area contributed by atoms with Crippen molar-refractivity contribution >= 4 is 11.8 Å². The Labute approximate surface area is 184 Å². The van der Waals surface area contributed by atoms with E-state index in [9.17, 15) is 9.59 Å². The van der Waals surface area contributed by atoms with E-state index in [-0.39, 0.29) is 24.4 Å². The molecule has 2 aromatic rings. The third-order valence-electron chi connectivity index (χ3n) is 6.36. The second-order valence-electron chi connectivity index (χ2n) is 8.59. The first kappa shape index (κ1) is 21.5. The maximum atomic E-state index is 13.5. The van der Waals surface area contributed by atoms with Gasteiger partial charge < -0.3 is 15.0 Å². The molecule has 1 unspecified atom stereocenters. The zero-order valence-electron chi connectivity index (χ0n) is 18.2. The average Bonchev–Trinajstić information content (AvgIpc) is 3.32. The lowest BCUT2D eigenvalue weighted by molar-refractivity contribution is -0.166. The second kappa shape index (κ2) is 9.60. The summed E-state index contributed by atoms with van der Waals surface area (Å²) in [7, 11) is 0. The predicted molar refractivity (Wildman–Crippen MR) is 119 cm³/mol. The number of amides is 2. The monoisotopic (exact) mass is 421 g/mol. The van der Waals surface area contributed by atoms with E-state index >= 15 is 0 Å². The number of morpholine rings is 1. The van der Waals surface area contributed by atoms with E-state index in [0.717, 1.165) is 42.4 Å². The van der Waals surface area contributed by atoms with Crippen molar-refractivity contribution in [3.05, 3.63) is 54.4 Å². The molecule has 2 amide bonds. The number of hydrogen-bond donors (Lipinski definition) is 1. The number of nitrogens with one attached hydrogen (secondary N) is 1. The molecule has 1 aliphatic carbocycles. The maximum Gasteiger partial charge on any atom is 0.254 e. The van der Waals surface area contributed by atoms with Crippen molar-refractivity contribution in [2.45, 2.75) is 57.1 Å². The van der Waals surface area contributed by atoms with Crippen LogP contribution in [0.1, 0.15) is 44.6 Å². The molecule has 4 rings (SSSR count). The van der Waals surface area contributed by atoms with Gasteiger partial charge in [-0.2, -0.15) is 0 Å². The Bertz CT molecular complexity index is 911. The third kappa shape index (κ3) is 4.96. The molecule has 164 valence electrons. The van der Waals surface area contributed by atoms with E-state index < -0.39 is 5.60 Å². The van der Waals surface area contributed by atoms with Gasteiger partial charge >= 0.3 is 0 Å². The molecule has 1 atom stereocenters. The largest absolute Gasteiger partial charge is 0.361 e. The number of ether oxygens (including phenoxy) is 1. The molecule has 2 aliphatic rings. The number of hydrogen-bond acceptors (Lipinski definition) is 4. The lowest BCUT2D eigenvalue weighted by Crippen LogP contribution is -2.63. The van der Waals surface area contributed by atoms with Gasteiger partial charge in [0.25, 0.3) is 5.91 Å². The van der Waals surface area contributed by atoms with Crippen molar-refractivity contribution < 1.29 is 14.3 Å². The molecule has 1 aromatic heterocycles. The van der Waals surface area contributed by atoms with Crippen LogP contribution in [0, 0.1) is 0 Å². The van der Waals surface area contributed by atoms with E-state index in [0.29, 0.717) is 26.0 Å². The maximum absolute atomic E-state index is 13.5. The van der Waals surface area contributed by atoms with E-state index in [1.54, 1.807) is 11.1 Å². The number of carbonyl (C=O) groups excluding carboxylic acids is 2. The van der Waals surface area contributed by atoms with Crippen LogP contribution in [-0.4, -0.2) is 53.0 Å². The number of aromatic nitrogens is 1. The van der Waals surface area contributed by atoms with Gasteiger partial charge in [-0.1, -0.05) is 50.1 Å². The highest BCUT2D eigenvalue weighted by Gasteiger charge is 2.45. The second-order valence-corrected chi connectivity index (χ2v) is 8.59. The van der Waals surface area contributed by atoms with Crippen molar-refractivity contribution in [2.75, 3.05) is 19.7 Å². The van der Waals surface area contributed by atoms with E-state index in [1.807, 2.05) is 43.5 Å². The van der Waals surface area contributed by atoms with Crippen LogP contribution in [0.5, 0.6) is 0 Å². The van der Waals surface area contributed by atoms with Gasteiger partial charge in [-0.3, -0.25) is 14.6 Å². The molecule has 0 bridgehead atoms. The Balaban J connectivity index is 1.61. The van der Waals surface area contributed by atoms with Crippen LogP contribution in [-0.2, 0) is 20.7 Å². The normalized spacial score (nSPS) is 21.8. The van der Waals surface area contributed by atoms with Crippen molar-refractivity contribution in [3.8, 4) is 11.1 Å². The van der Waals surface area contributed by atoms with Gasteiger partial charge in [0.15, 0.2) is 5.60 Å². The fourth-order valence-corrected chi connectivity index (χ4v) is 4.66. The van der Waals surface area contributed by atoms with E-state index in [4.69, 9.17) is 4.74 Å². The van der Waals surface area contributed by atoms with Crippen molar-refractivity contribution in [3.63, 3.8) is 0 Å². The third-order valence-corrected chi connectivity index (χ3v) is 6.36. The summed E-state index contributed by atoms with van der Waals surface area (Å²) in [5, 5.41) is 3.22. The van der Waals surface area contributed by atoms with Gasteiger partial charge in [0.1, 0.15) is 0 Å². The predicted octanol–water partition coefficient (Wildman–Crippen LogP) is 3.36. The Kier molecular flexibility index (Phi) is 6.66. The molecule has 2 fully saturated rings. The molecular formula is C25H31N3O3. The number of pyridine rings is 1. The average molecular weight is 422 g/mol. The molecule has 1 N–H and O–H groups in total. The summed E-state index contributed by atoms with van der Waals surface area (Å²) >= 11 is 0. The Morgan fingerprint density at radius 3 is 2.74 bits per heavy atom. The standard InChI is InChI=1S/C25H31N3O3/c1-2-23(29)28-13-14-31-25(18-28,24(30)27-22-10-3-4-11-22)16-19-7-5-8-20(15-19)21-9-6-12-26-17-21/h5-9,12,15,17,22H,2-4,10-11,13-14,16,18H2,1H3,(H,27,30). The zero-order chi connectivity index (χ0) is 21.7. The summed E-state index contributed by atoms with van der Waals surface area (Å²) < 4.78 is 6.19. The number of nitrogens with zero attached hydrogens (tertiary/aromatic N) is 2. The lowest BCUT2D eigenvalue weighted by Gasteiger charge is -2.42. The van der Waals surface area contributed by atoms with Crippen LogP contribution in [0.3, 0.4) is 0 Å². The van der Waals surface area contributed by atoms with Gasteiger partial charge in [-0.25, -0.2) is 0 Å². The Hall–Kier alpha value is -2.73. The summed E-state index contributed by atoms with van der Waals surface area (Å²) in [6.07, 6.45) is 8.75. The Morgan fingerprint density at radius 1 is 1.19 bits per heavy atom. The molecule has 6 nitrogen and oxygen atoms in total. The molecule has 31 heavy (non-hydrogen) atoms. The fraction of sp³-hybridized carbons (Fsp3) is 0.480. The van der Waals surface area contributed by atoms with Crippen molar-refractivity contribution in [1.82, 2.24) is 15.2 Å². The summed E-state index contributed by atoms with van der Waals surface area (Å²) in [5.41, 5.74) is 2.02. The topological polar surface area (TPSA) is 71.5 Å². The summed E-state index contributed by atoms with van der Waals surface area (Å²) in [6, 6.07) is 12.3. The molecule has 1 aromatic carbocycles. The first-order chi connectivity index (χ1) is 15.1. The van der Waals surface area contributed by atoms with Crippen LogP contribution in [0.15, 0.2) is 48.8 Å². The van der Waals surface area contributed by atoms with Crippen molar-refractivity contribution in [2.24, 2.45) is 0 Å². The van der Waals surface area contributed by atoms with Gasteiger partial charge in [-0.05, 0) is 35.6 Å². The SMILES string of the molecule is CCC(=O)N1CCOC(Cc2cccc(-c3cccnc3)c2)(C(=O)NC2CCCC2)C1. The fourth-order valence-electron chi connectivity index (χ4n) is 4.66. The van der Waals surface area contributed by atoms with Crippen LogP contribution in [0.25, 0.3) is 11.1 Å². The van der Waals surface area contributed by atoms with E-state index in [1.165, 1.54) is 0 Å². The van der Waals surface area contributed by atoms with Crippen molar-refractivity contribution in [1.29, 1.82) is 0 Å². The number of rotatable bonds is 6. The molecular weight excluding hydrogens is 390 g/mol. The molecule has 0 radical (unpaired) electrons. The first-order valence-corrected chi connectivity index (χ1v) is 11.3. The van der Waals surface area contributed by atoms with E-state index in [2.05, 4.69) is 16.4 Å². The van der Waals surface area contributed by atoms with Crippen LogP contribution in [0.2, 0.25) is 0 Å². The highest BCUT2D eigenvalue weighted by molar-refractivity contribution is 5.87. The van der Waals surface area contributed by atoms with Gasteiger partial charge in [0.05, 0.1) is 13.2 Å². The molecule has 2 heterocycles. The van der Waals surface area contributed by atoms with Crippen LogP contribution >= 0.6 is 0 Å². The highest BCUT2D eigenvalue weighted by atomic mass is 16.5. The molecule has 1 saturated carbocycles. The quantitative estimate of drug-likeness (QED) is 0.776. The van der Waals surface area contributed by atoms with Crippen LogP contribution < -0.4 is 5.32 Å². The molecule has 0 spiro atoms. The Morgan fingerprint density at radius 2 is 2.00 bits per heavy atom. The lowest BCUT2D eigenvalue weighted by atomic mass is 9.89. The molecule has 6 heteroatoms. The molecule has 1 aliphatic heterocycles. The number of carbonyl (C=O) groups is 2. The minimum absolute atomic E-state index is 0.0606. The smallest absolute Gasteiger partial charge is 0.254 e. The van der Waals surface area contributed by atoms with Gasteiger partial charge in [0.2, 0.25) is 5.91 Å². The summed E-state index contributed by atoms with van der Waals surface area (Å²) in [4.78, 5) is 31.9. The summed E-state index contributed by atoms with van der Waals surface area (Å²) in [5.74, 6) is -0.0368. The van der Waals surface area contributed by atoms with Crippen LogP contribution in [0.4, 0.5) is 0 Å². The minimum atomic E-state index is -1.07.